The molecule has 0 spiro atoms. The van der Waals surface area contributed by atoms with E-state index in [4.69, 9.17) is 0 Å². The molecule has 0 radical (unpaired) electrons. The number of hydrogen-bond acceptors (Lipinski definition) is 5. The third kappa shape index (κ3) is 4.68. The van der Waals surface area contributed by atoms with Gasteiger partial charge in [0.1, 0.15) is 0 Å². The van der Waals surface area contributed by atoms with Crippen molar-refractivity contribution in [2.45, 2.75) is 25.4 Å². The molecule has 0 amide bonds. The van der Waals surface area contributed by atoms with Crippen molar-refractivity contribution in [3.63, 3.8) is 0 Å². The van der Waals surface area contributed by atoms with Gasteiger partial charge in [-0.2, -0.15) is 0 Å². The van der Waals surface area contributed by atoms with Crippen molar-refractivity contribution < 1.29 is 24.5 Å². The molecule has 0 aromatic carbocycles. The van der Waals surface area contributed by atoms with Crippen LogP contribution in [0.2, 0.25) is 0 Å². The molecule has 1 N–H and O–H groups in total. The van der Waals surface area contributed by atoms with E-state index in [1.165, 1.54) is 6.92 Å². The first-order valence-corrected chi connectivity index (χ1v) is 3.36. The standard InChI is InChI=1S/C7H12O5/c1-7(11,3-5(8)9)4-6(10)12-2/h11H,3-4H2,1-2H3,(H,8,9)/p-1/t7-/m0/s1. The summed E-state index contributed by atoms with van der Waals surface area (Å²) in [7, 11) is 1.16. The predicted octanol–water partition coefficient (Wildman–Crippen LogP) is -1.56. The fourth-order valence-corrected chi connectivity index (χ4v) is 0.757. The van der Waals surface area contributed by atoms with Crippen molar-refractivity contribution in [2.75, 3.05) is 7.11 Å². The molecule has 12 heavy (non-hydrogen) atoms. The summed E-state index contributed by atoms with van der Waals surface area (Å²) in [5.41, 5.74) is -1.59. The first kappa shape index (κ1) is 10.9. The van der Waals surface area contributed by atoms with Crippen LogP contribution in [-0.4, -0.2) is 29.8 Å². The minimum absolute atomic E-state index is 0.350. The summed E-state index contributed by atoms with van der Waals surface area (Å²) in [5, 5.41) is 19.3. The molecule has 0 saturated heterocycles. The number of carbonyl (C=O) groups excluding carboxylic acids is 2. The smallest absolute Gasteiger partial charge is 0.308 e. The van der Waals surface area contributed by atoms with Crippen molar-refractivity contribution >= 4 is 11.9 Å². The summed E-state index contributed by atoms with van der Waals surface area (Å²) < 4.78 is 4.26. The van der Waals surface area contributed by atoms with Gasteiger partial charge in [-0.1, -0.05) is 0 Å². The Kier molecular flexibility index (Phi) is 3.69. The van der Waals surface area contributed by atoms with Crippen LogP contribution in [0.25, 0.3) is 0 Å². The average molecular weight is 175 g/mol. The molecule has 0 bridgehead atoms. The van der Waals surface area contributed by atoms with Gasteiger partial charge in [0.05, 0.1) is 19.1 Å². The van der Waals surface area contributed by atoms with Gasteiger partial charge in [-0.05, 0) is 6.92 Å². The molecule has 70 valence electrons. The summed E-state index contributed by atoms with van der Waals surface area (Å²) >= 11 is 0. The Morgan fingerprint density at radius 3 is 2.33 bits per heavy atom. The lowest BCUT2D eigenvalue weighted by Gasteiger charge is -2.21. The number of ether oxygens (including phenoxy) is 1. The highest BCUT2D eigenvalue weighted by atomic mass is 16.5. The third-order valence-electron chi connectivity index (χ3n) is 1.28. The molecule has 0 fully saturated rings. The molecule has 5 nitrogen and oxygen atoms in total. The fourth-order valence-electron chi connectivity index (χ4n) is 0.757. The largest absolute Gasteiger partial charge is 0.550 e. The van der Waals surface area contributed by atoms with Crippen LogP contribution < -0.4 is 5.11 Å². The van der Waals surface area contributed by atoms with E-state index in [9.17, 15) is 19.8 Å². The van der Waals surface area contributed by atoms with E-state index < -0.39 is 24.0 Å². The number of hydrogen-bond donors (Lipinski definition) is 1. The number of carboxylic acid groups (broad SMARTS) is 1. The van der Waals surface area contributed by atoms with Gasteiger partial charge in [-0.15, -0.1) is 0 Å². The number of methoxy groups -OCH3 is 1. The van der Waals surface area contributed by atoms with Gasteiger partial charge in [0.15, 0.2) is 0 Å². The van der Waals surface area contributed by atoms with Crippen LogP contribution in [-0.2, 0) is 14.3 Å². The average Bonchev–Trinajstić information content (AvgIpc) is 1.83. The van der Waals surface area contributed by atoms with E-state index in [-0.39, 0.29) is 6.42 Å². The third-order valence-corrected chi connectivity index (χ3v) is 1.28. The van der Waals surface area contributed by atoms with Gasteiger partial charge < -0.3 is 19.7 Å². The molecule has 5 heteroatoms. The zero-order chi connectivity index (χ0) is 9.78. The molecule has 1 atom stereocenters. The van der Waals surface area contributed by atoms with Crippen LogP contribution in [0, 0.1) is 0 Å². The van der Waals surface area contributed by atoms with Crippen molar-refractivity contribution in [3.05, 3.63) is 0 Å². The molecular weight excluding hydrogens is 164 g/mol. The second-order valence-corrected chi connectivity index (χ2v) is 2.80. The number of carbonyl (C=O) groups is 2. The molecule has 0 heterocycles. The molecule has 0 aliphatic carbocycles. The molecule has 0 rings (SSSR count). The van der Waals surface area contributed by atoms with Crippen LogP contribution in [0.15, 0.2) is 0 Å². The molecule has 0 saturated carbocycles. The van der Waals surface area contributed by atoms with Gasteiger partial charge in [0.25, 0.3) is 0 Å². The van der Waals surface area contributed by atoms with E-state index in [0.717, 1.165) is 7.11 Å². The highest BCUT2D eigenvalue weighted by molar-refractivity contribution is 5.72. The van der Waals surface area contributed by atoms with E-state index >= 15 is 0 Å². The van der Waals surface area contributed by atoms with Crippen LogP contribution in [0.3, 0.4) is 0 Å². The Bertz CT molecular complexity index is 184. The Morgan fingerprint density at radius 2 is 2.00 bits per heavy atom. The normalized spacial score (nSPS) is 14.9. The second-order valence-electron chi connectivity index (χ2n) is 2.80. The van der Waals surface area contributed by atoms with Gasteiger partial charge >= 0.3 is 5.97 Å². The monoisotopic (exact) mass is 175 g/mol. The Hall–Kier alpha value is -1.10. The zero-order valence-electron chi connectivity index (χ0n) is 6.99. The Balaban J connectivity index is 4.03. The van der Waals surface area contributed by atoms with E-state index in [1.54, 1.807) is 0 Å². The zero-order valence-corrected chi connectivity index (χ0v) is 6.99. The minimum atomic E-state index is -1.59. The first-order chi connectivity index (χ1) is 5.37. The van der Waals surface area contributed by atoms with Gasteiger partial charge in [-0.3, -0.25) is 4.79 Å². The highest BCUT2D eigenvalue weighted by Crippen LogP contribution is 2.13. The maximum absolute atomic E-state index is 10.6. The maximum atomic E-state index is 10.6. The number of carboxylic acids is 1. The lowest BCUT2D eigenvalue weighted by molar-refractivity contribution is -0.309. The summed E-state index contributed by atoms with van der Waals surface area (Å²) in [6.07, 6.45) is -0.931. The van der Waals surface area contributed by atoms with Gasteiger partial charge in [0.2, 0.25) is 0 Å². The van der Waals surface area contributed by atoms with Crippen molar-refractivity contribution in [2.24, 2.45) is 0 Å². The molecular formula is C7H11O5-. The van der Waals surface area contributed by atoms with Crippen LogP contribution >= 0.6 is 0 Å². The summed E-state index contributed by atoms with van der Waals surface area (Å²) in [6.45, 7) is 1.24. The van der Waals surface area contributed by atoms with Crippen molar-refractivity contribution in [1.82, 2.24) is 0 Å². The van der Waals surface area contributed by atoms with Crippen molar-refractivity contribution in [1.29, 1.82) is 0 Å². The highest BCUT2D eigenvalue weighted by Gasteiger charge is 2.24. The number of aliphatic hydroxyl groups is 1. The first-order valence-electron chi connectivity index (χ1n) is 3.36. The summed E-state index contributed by atoms with van der Waals surface area (Å²) in [4.78, 5) is 20.7. The molecule has 0 aliphatic heterocycles. The van der Waals surface area contributed by atoms with Crippen LogP contribution in [0.5, 0.6) is 0 Å². The molecule has 0 unspecified atom stereocenters. The fraction of sp³-hybridized carbons (Fsp3) is 0.714. The minimum Gasteiger partial charge on any atom is -0.550 e. The van der Waals surface area contributed by atoms with E-state index in [2.05, 4.69) is 4.74 Å². The van der Waals surface area contributed by atoms with Gasteiger partial charge in [0, 0.05) is 12.4 Å². The number of esters is 1. The Morgan fingerprint density at radius 1 is 1.50 bits per heavy atom. The lowest BCUT2D eigenvalue weighted by atomic mass is 9.98. The molecule has 0 aliphatic rings. The Labute approximate surface area is 70.0 Å². The summed E-state index contributed by atoms with van der Waals surface area (Å²) in [6, 6.07) is 0. The predicted molar refractivity (Wildman–Crippen MR) is 36.9 cm³/mol. The number of rotatable bonds is 4. The quantitative estimate of drug-likeness (QED) is 0.522. The lowest BCUT2D eigenvalue weighted by Crippen LogP contribution is -2.37. The SMILES string of the molecule is COC(=O)C[C@@](C)(O)CC(=O)[O-]. The number of aliphatic carboxylic acids is 1. The second kappa shape index (κ2) is 4.06. The maximum Gasteiger partial charge on any atom is 0.308 e. The van der Waals surface area contributed by atoms with E-state index in [0.29, 0.717) is 0 Å². The van der Waals surface area contributed by atoms with E-state index in [1.807, 2.05) is 0 Å². The molecule has 0 aromatic heterocycles. The van der Waals surface area contributed by atoms with Gasteiger partial charge in [-0.25, -0.2) is 0 Å². The topological polar surface area (TPSA) is 86.7 Å². The van der Waals surface area contributed by atoms with Crippen LogP contribution in [0.1, 0.15) is 19.8 Å². The summed E-state index contributed by atoms with van der Waals surface area (Å²) in [5.74, 6) is -2.05. The van der Waals surface area contributed by atoms with Crippen molar-refractivity contribution in [3.8, 4) is 0 Å². The van der Waals surface area contributed by atoms with Crippen LogP contribution in [0.4, 0.5) is 0 Å². The molecule has 0 aromatic rings.